The maximum Gasteiger partial charge on any atom is 0.433 e. The summed E-state index contributed by atoms with van der Waals surface area (Å²) in [6.07, 6.45) is 0.709. The molecule has 2 aromatic heterocycles. The Hall–Kier alpha value is -2.98. The van der Waals surface area contributed by atoms with Gasteiger partial charge in [-0.05, 0) is 51.3 Å². The fourth-order valence-corrected chi connectivity index (χ4v) is 3.66. The molecular formula is C18H20N4O5S. The average molecular weight is 404 g/mol. The van der Waals surface area contributed by atoms with E-state index < -0.39 is 16.7 Å². The molecule has 0 saturated carbocycles. The van der Waals surface area contributed by atoms with Gasteiger partial charge in [0.2, 0.25) is 0 Å². The van der Waals surface area contributed by atoms with Crippen molar-refractivity contribution in [3.8, 4) is 5.75 Å². The van der Waals surface area contributed by atoms with Crippen LogP contribution < -0.4 is 9.64 Å². The van der Waals surface area contributed by atoms with E-state index in [2.05, 4.69) is 4.98 Å². The Morgan fingerprint density at radius 3 is 2.71 bits per heavy atom. The van der Waals surface area contributed by atoms with Crippen molar-refractivity contribution in [2.45, 2.75) is 6.42 Å². The van der Waals surface area contributed by atoms with Gasteiger partial charge in [-0.2, -0.15) is 0 Å². The van der Waals surface area contributed by atoms with Crippen LogP contribution in [0.15, 0.2) is 34.7 Å². The van der Waals surface area contributed by atoms with Crippen LogP contribution in [-0.4, -0.2) is 55.0 Å². The molecule has 0 fully saturated rings. The molecule has 0 atom stereocenters. The standard InChI is InChI=1S/C18H20N4O5S/c1-20(2)9-4-10-21(17(23)14-7-8-16(27-14)22(24)25)18-19-13-6-5-12(26-3)11-15(13)28-18/h5-8,11H,4,9-10H2,1-3H3. The zero-order chi connectivity index (χ0) is 20.3. The van der Waals surface area contributed by atoms with Gasteiger partial charge in [0, 0.05) is 6.54 Å². The third kappa shape index (κ3) is 4.29. The third-order valence-electron chi connectivity index (χ3n) is 4.03. The van der Waals surface area contributed by atoms with Crippen molar-refractivity contribution < 1.29 is 18.9 Å². The molecule has 0 radical (unpaired) electrons. The minimum absolute atomic E-state index is 0.0895. The Morgan fingerprint density at radius 1 is 1.29 bits per heavy atom. The Labute approximate surface area is 165 Å². The summed E-state index contributed by atoms with van der Waals surface area (Å²) < 4.78 is 11.2. The molecule has 1 aromatic carbocycles. The number of thiazole rings is 1. The lowest BCUT2D eigenvalue weighted by Gasteiger charge is -2.19. The molecule has 1 amide bonds. The summed E-state index contributed by atoms with van der Waals surface area (Å²) in [6, 6.07) is 7.98. The van der Waals surface area contributed by atoms with Gasteiger partial charge in [-0.1, -0.05) is 11.3 Å². The third-order valence-corrected chi connectivity index (χ3v) is 5.07. The second kappa shape index (κ2) is 8.36. The van der Waals surface area contributed by atoms with Crippen LogP contribution in [0.4, 0.5) is 11.0 Å². The van der Waals surface area contributed by atoms with Gasteiger partial charge in [-0.3, -0.25) is 19.8 Å². The predicted molar refractivity (Wildman–Crippen MR) is 106 cm³/mol. The quantitative estimate of drug-likeness (QED) is 0.419. The molecule has 10 heteroatoms. The highest BCUT2D eigenvalue weighted by molar-refractivity contribution is 7.22. The monoisotopic (exact) mass is 404 g/mol. The number of nitro groups is 1. The van der Waals surface area contributed by atoms with Crippen LogP contribution in [0.5, 0.6) is 5.75 Å². The maximum atomic E-state index is 13.0. The first-order valence-corrected chi connectivity index (χ1v) is 9.36. The van der Waals surface area contributed by atoms with Gasteiger partial charge < -0.3 is 14.1 Å². The summed E-state index contributed by atoms with van der Waals surface area (Å²) in [4.78, 5) is 31.3. The van der Waals surface area contributed by atoms with E-state index in [-0.39, 0.29) is 5.76 Å². The number of benzene rings is 1. The molecule has 2 heterocycles. The molecule has 0 N–H and O–H groups in total. The number of rotatable bonds is 8. The molecule has 0 bridgehead atoms. The molecule has 3 rings (SSSR count). The number of carbonyl (C=O) groups is 1. The van der Waals surface area contributed by atoms with E-state index in [4.69, 9.17) is 9.15 Å². The van der Waals surface area contributed by atoms with Crippen LogP contribution in [0.25, 0.3) is 10.2 Å². The number of furan rings is 1. The molecule has 0 aliphatic rings. The average Bonchev–Trinajstić information content (AvgIpc) is 3.30. The summed E-state index contributed by atoms with van der Waals surface area (Å²) >= 11 is 1.35. The summed E-state index contributed by atoms with van der Waals surface area (Å²) in [6.45, 7) is 1.18. The SMILES string of the molecule is COc1ccc2nc(N(CCCN(C)C)C(=O)c3ccc([N+](=O)[O-])o3)sc2c1. The summed E-state index contributed by atoms with van der Waals surface area (Å²) in [5.41, 5.74) is 0.747. The van der Waals surface area contributed by atoms with Crippen LogP contribution in [0.3, 0.4) is 0 Å². The topological polar surface area (TPSA) is 102 Å². The Bertz CT molecular complexity index is 997. The Balaban J connectivity index is 1.93. The van der Waals surface area contributed by atoms with E-state index in [1.165, 1.54) is 28.4 Å². The lowest BCUT2D eigenvalue weighted by Crippen LogP contribution is -2.33. The second-order valence-electron chi connectivity index (χ2n) is 6.34. The van der Waals surface area contributed by atoms with Gasteiger partial charge >= 0.3 is 5.88 Å². The highest BCUT2D eigenvalue weighted by atomic mass is 32.1. The molecule has 28 heavy (non-hydrogen) atoms. The van der Waals surface area contributed by atoms with Gasteiger partial charge in [-0.15, -0.1) is 0 Å². The number of carbonyl (C=O) groups excluding carboxylic acids is 1. The summed E-state index contributed by atoms with van der Waals surface area (Å²) in [5, 5.41) is 11.4. The van der Waals surface area contributed by atoms with Crippen LogP contribution in [0.2, 0.25) is 0 Å². The summed E-state index contributed by atoms with van der Waals surface area (Å²) in [5.74, 6) is -0.313. The first kappa shape index (κ1) is 19.8. The normalized spacial score (nSPS) is 11.1. The first-order chi connectivity index (χ1) is 13.4. The lowest BCUT2D eigenvalue weighted by molar-refractivity contribution is -0.402. The lowest BCUT2D eigenvalue weighted by atomic mass is 10.3. The second-order valence-corrected chi connectivity index (χ2v) is 7.35. The van der Waals surface area contributed by atoms with Crippen molar-refractivity contribution >= 4 is 38.5 Å². The van der Waals surface area contributed by atoms with Crippen LogP contribution in [0, 0.1) is 10.1 Å². The number of hydrogen-bond donors (Lipinski definition) is 0. The van der Waals surface area contributed by atoms with Gasteiger partial charge in [0.25, 0.3) is 5.91 Å². The van der Waals surface area contributed by atoms with E-state index in [1.807, 2.05) is 31.1 Å². The fourth-order valence-electron chi connectivity index (χ4n) is 2.64. The van der Waals surface area contributed by atoms with Crippen molar-refractivity contribution in [2.24, 2.45) is 0 Å². The number of nitrogens with zero attached hydrogens (tertiary/aromatic N) is 4. The number of hydrogen-bond acceptors (Lipinski definition) is 8. The molecular weight excluding hydrogens is 384 g/mol. The number of aromatic nitrogens is 1. The van der Waals surface area contributed by atoms with Crippen LogP contribution >= 0.6 is 11.3 Å². The van der Waals surface area contributed by atoms with E-state index >= 15 is 0 Å². The Kier molecular flexibility index (Phi) is 5.90. The highest BCUT2D eigenvalue weighted by Gasteiger charge is 2.26. The number of methoxy groups -OCH3 is 1. The van der Waals surface area contributed by atoms with Crippen molar-refractivity contribution in [1.82, 2.24) is 9.88 Å². The molecule has 0 aliphatic carbocycles. The highest BCUT2D eigenvalue weighted by Crippen LogP contribution is 2.32. The number of fused-ring (bicyclic) bond motifs is 1. The number of anilines is 1. The zero-order valence-electron chi connectivity index (χ0n) is 15.7. The van der Waals surface area contributed by atoms with Gasteiger partial charge in [-0.25, -0.2) is 4.98 Å². The fraction of sp³-hybridized carbons (Fsp3) is 0.333. The molecule has 148 valence electrons. The molecule has 3 aromatic rings. The van der Waals surface area contributed by atoms with Crippen molar-refractivity contribution in [3.63, 3.8) is 0 Å². The van der Waals surface area contributed by atoms with Crippen molar-refractivity contribution in [1.29, 1.82) is 0 Å². The van der Waals surface area contributed by atoms with E-state index in [9.17, 15) is 14.9 Å². The van der Waals surface area contributed by atoms with E-state index in [1.54, 1.807) is 13.2 Å². The van der Waals surface area contributed by atoms with Crippen molar-refractivity contribution in [2.75, 3.05) is 39.2 Å². The smallest absolute Gasteiger partial charge is 0.433 e. The maximum absolute atomic E-state index is 13.0. The first-order valence-electron chi connectivity index (χ1n) is 8.54. The van der Waals surface area contributed by atoms with Crippen LogP contribution in [-0.2, 0) is 0 Å². The summed E-state index contributed by atoms with van der Waals surface area (Å²) in [7, 11) is 5.49. The molecule has 0 aliphatic heterocycles. The van der Waals surface area contributed by atoms with Gasteiger partial charge in [0.15, 0.2) is 10.9 Å². The molecule has 9 nitrogen and oxygen atoms in total. The minimum atomic E-state index is -0.670. The van der Waals surface area contributed by atoms with E-state index in [0.29, 0.717) is 23.8 Å². The van der Waals surface area contributed by atoms with Gasteiger partial charge in [0.05, 0.1) is 23.4 Å². The predicted octanol–water partition coefficient (Wildman–Crippen LogP) is 3.40. The molecule has 0 spiro atoms. The number of amides is 1. The van der Waals surface area contributed by atoms with Gasteiger partial charge in [0.1, 0.15) is 10.7 Å². The van der Waals surface area contributed by atoms with Crippen LogP contribution in [0.1, 0.15) is 17.0 Å². The van der Waals surface area contributed by atoms with E-state index in [0.717, 1.165) is 16.8 Å². The number of ether oxygens (including phenoxy) is 1. The zero-order valence-corrected chi connectivity index (χ0v) is 16.6. The Morgan fingerprint density at radius 2 is 2.07 bits per heavy atom. The molecule has 0 unspecified atom stereocenters. The minimum Gasteiger partial charge on any atom is -0.497 e. The largest absolute Gasteiger partial charge is 0.497 e. The van der Waals surface area contributed by atoms with Crippen molar-refractivity contribution in [3.05, 3.63) is 46.2 Å². The molecule has 0 saturated heterocycles.